The van der Waals surface area contributed by atoms with Crippen LogP contribution in [0.3, 0.4) is 0 Å². The second kappa shape index (κ2) is 8.31. The van der Waals surface area contributed by atoms with Gasteiger partial charge in [0.2, 0.25) is 5.82 Å². The fourth-order valence-electron chi connectivity index (χ4n) is 3.15. The average Bonchev–Trinajstić information content (AvgIpc) is 3.38. The van der Waals surface area contributed by atoms with Crippen LogP contribution in [0.4, 0.5) is 13.2 Å². The lowest BCUT2D eigenvalue weighted by Crippen LogP contribution is -2.09. The predicted molar refractivity (Wildman–Crippen MR) is 113 cm³/mol. The standard InChI is InChI=1S/C20H15F3N2O4S2/c1-3-28-19(26)18-24-16(15-5-4-8-30-15)17-12-10-14(29-31-20(21,22)23)13(27-2)9-11(12)6-7-25(17)18/h4-10H,3H2,1-2H3. The number of rotatable bonds is 6. The van der Waals surface area contributed by atoms with E-state index in [2.05, 4.69) is 4.98 Å². The molecule has 0 unspecified atom stereocenters. The van der Waals surface area contributed by atoms with Crippen LogP contribution in [0, 0.1) is 0 Å². The van der Waals surface area contributed by atoms with E-state index in [0.29, 0.717) is 22.0 Å². The number of carbonyl (C=O) groups excluding carboxylic acids is 1. The smallest absolute Gasteiger partial charge is 0.479 e. The molecule has 0 N–H and O–H groups in total. The molecular weight excluding hydrogens is 453 g/mol. The minimum atomic E-state index is -4.58. The lowest BCUT2D eigenvalue weighted by atomic mass is 10.1. The minimum absolute atomic E-state index is 0.0742. The number of hydrogen-bond acceptors (Lipinski definition) is 7. The number of methoxy groups -OCH3 is 1. The Morgan fingerprint density at radius 1 is 1.26 bits per heavy atom. The van der Waals surface area contributed by atoms with Crippen molar-refractivity contribution in [1.82, 2.24) is 9.38 Å². The highest BCUT2D eigenvalue weighted by Gasteiger charge is 2.32. The number of nitrogens with zero attached hydrogens (tertiary/aromatic N) is 2. The molecule has 4 aromatic rings. The van der Waals surface area contributed by atoms with Crippen molar-refractivity contribution in [2.45, 2.75) is 12.4 Å². The highest BCUT2D eigenvalue weighted by molar-refractivity contribution is 7.95. The Bertz CT molecular complexity index is 1250. The fourth-order valence-corrected chi connectivity index (χ4v) is 4.18. The number of hydrogen-bond donors (Lipinski definition) is 0. The second-order valence-electron chi connectivity index (χ2n) is 6.22. The zero-order chi connectivity index (χ0) is 22.2. The van der Waals surface area contributed by atoms with E-state index in [4.69, 9.17) is 13.7 Å². The van der Waals surface area contributed by atoms with Gasteiger partial charge in [0.05, 0.1) is 24.1 Å². The zero-order valence-electron chi connectivity index (χ0n) is 16.2. The number of benzene rings is 1. The molecule has 0 aliphatic carbocycles. The summed E-state index contributed by atoms with van der Waals surface area (Å²) in [5, 5.41) is 3.10. The van der Waals surface area contributed by atoms with Gasteiger partial charge in [0.1, 0.15) is 5.69 Å². The third-order valence-electron chi connectivity index (χ3n) is 4.34. The number of esters is 1. The maximum absolute atomic E-state index is 12.7. The molecule has 0 radical (unpaired) electrons. The van der Waals surface area contributed by atoms with Gasteiger partial charge in [-0.05, 0) is 42.0 Å². The van der Waals surface area contributed by atoms with Crippen LogP contribution >= 0.6 is 23.4 Å². The minimum Gasteiger partial charge on any atom is -0.493 e. The van der Waals surface area contributed by atoms with Crippen molar-refractivity contribution in [2.24, 2.45) is 0 Å². The molecule has 1 aromatic carbocycles. The maximum atomic E-state index is 12.7. The molecule has 3 heterocycles. The molecule has 0 aliphatic heterocycles. The van der Waals surface area contributed by atoms with E-state index in [1.165, 1.54) is 24.5 Å². The summed E-state index contributed by atoms with van der Waals surface area (Å²) in [6.07, 6.45) is 1.67. The molecule has 0 bridgehead atoms. The summed E-state index contributed by atoms with van der Waals surface area (Å²) in [7, 11) is 1.35. The summed E-state index contributed by atoms with van der Waals surface area (Å²) in [5.41, 5.74) is -3.52. The van der Waals surface area contributed by atoms with E-state index in [-0.39, 0.29) is 23.9 Å². The van der Waals surface area contributed by atoms with Crippen molar-refractivity contribution in [2.75, 3.05) is 13.7 Å². The normalized spacial score (nSPS) is 11.8. The van der Waals surface area contributed by atoms with Gasteiger partial charge in [-0.2, -0.15) is 13.2 Å². The van der Waals surface area contributed by atoms with Crippen LogP contribution in [0.2, 0.25) is 0 Å². The molecule has 11 heteroatoms. The van der Waals surface area contributed by atoms with Gasteiger partial charge in [-0.15, -0.1) is 11.3 Å². The van der Waals surface area contributed by atoms with Crippen molar-refractivity contribution >= 4 is 45.6 Å². The van der Waals surface area contributed by atoms with E-state index < -0.39 is 23.5 Å². The van der Waals surface area contributed by atoms with Crippen LogP contribution in [0.25, 0.3) is 26.9 Å². The summed E-state index contributed by atoms with van der Waals surface area (Å²) in [5.74, 6) is -0.472. The molecule has 0 fully saturated rings. The van der Waals surface area contributed by atoms with Gasteiger partial charge in [0.25, 0.3) is 0 Å². The van der Waals surface area contributed by atoms with Crippen LogP contribution in [-0.4, -0.2) is 34.6 Å². The second-order valence-corrected chi connectivity index (χ2v) is 7.96. The number of carbonyl (C=O) groups is 1. The Balaban J connectivity index is 1.99. The van der Waals surface area contributed by atoms with Crippen molar-refractivity contribution < 1.29 is 31.6 Å². The lowest BCUT2D eigenvalue weighted by molar-refractivity contribution is -0.0370. The molecule has 162 valence electrons. The first-order valence-electron chi connectivity index (χ1n) is 8.98. The number of pyridine rings is 1. The highest BCUT2D eigenvalue weighted by atomic mass is 32.2. The Morgan fingerprint density at radius 2 is 2.06 bits per heavy atom. The first-order valence-corrected chi connectivity index (χ1v) is 10.6. The molecule has 0 saturated carbocycles. The predicted octanol–water partition coefficient (Wildman–Crippen LogP) is 5.95. The van der Waals surface area contributed by atoms with E-state index in [1.807, 2.05) is 17.5 Å². The van der Waals surface area contributed by atoms with Gasteiger partial charge in [-0.3, -0.25) is 4.40 Å². The Labute approximate surface area is 182 Å². The Morgan fingerprint density at radius 3 is 2.71 bits per heavy atom. The van der Waals surface area contributed by atoms with Crippen molar-refractivity contribution in [3.05, 3.63) is 47.7 Å². The van der Waals surface area contributed by atoms with Crippen LogP contribution < -0.4 is 8.92 Å². The topological polar surface area (TPSA) is 62.1 Å². The molecular formula is C20H15F3N2O4S2. The van der Waals surface area contributed by atoms with Crippen molar-refractivity contribution in [3.8, 4) is 22.1 Å². The fraction of sp³-hybridized carbons (Fsp3) is 0.200. The van der Waals surface area contributed by atoms with Gasteiger partial charge in [-0.1, -0.05) is 6.07 Å². The Kier molecular flexibility index (Phi) is 5.71. The molecule has 3 aromatic heterocycles. The number of imidazole rings is 1. The van der Waals surface area contributed by atoms with E-state index in [1.54, 1.807) is 29.7 Å². The number of ether oxygens (including phenoxy) is 2. The van der Waals surface area contributed by atoms with Gasteiger partial charge in [0.15, 0.2) is 23.5 Å². The van der Waals surface area contributed by atoms with Crippen LogP contribution in [0.15, 0.2) is 41.9 Å². The summed E-state index contributed by atoms with van der Waals surface area (Å²) in [6, 6.07) is 8.44. The van der Waals surface area contributed by atoms with E-state index in [0.717, 1.165) is 4.88 Å². The summed E-state index contributed by atoms with van der Waals surface area (Å²) in [6.45, 7) is 1.87. The zero-order valence-corrected chi connectivity index (χ0v) is 17.9. The van der Waals surface area contributed by atoms with E-state index in [9.17, 15) is 18.0 Å². The SMILES string of the molecule is CCOC(=O)c1nc(-c2cccs2)c2c3cc(OSC(F)(F)F)c(OC)cc3ccn12. The number of thiophene rings is 1. The molecule has 4 rings (SSSR count). The first kappa shape index (κ1) is 21.3. The Hall–Kier alpha value is -2.92. The molecule has 6 nitrogen and oxygen atoms in total. The van der Waals surface area contributed by atoms with Crippen molar-refractivity contribution in [3.63, 3.8) is 0 Å². The highest BCUT2D eigenvalue weighted by Crippen LogP contribution is 2.41. The lowest BCUT2D eigenvalue weighted by Gasteiger charge is -2.13. The number of alkyl halides is 3. The molecule has 0 amide bonds. The molecule has 0 atom stereocenters. The number of fused-ring (bicyclic) bond motifs is 3. The molecule has 0 aliphatic rings. The molecule has 0 saturated heterocycles. The maximum Gasteiger partial charge on any atom is 0.479 e. The van der Waals surface area contributed by atoms with Crippen LogP contribution in [-0.2, 0) is 4.74 Å². The quantitative estimate of drug-likeness (QED) is 0.258. The average molecular weight is 468 g/mol. The largest absolute Gasteiger partial charge is 0.493 e. The summed E-state index contributed by atoms with van der Waals surface area (Å²) in [4.78, 5) is 17.8. The first-order chi connectivity index (χ1) is 14.8. The number of aromatic nitrogens is 2. The van der Waals surface area contributed by atoms with Gasteiger partial charge in [0, 0.05) is 11.6 Å². The van der Waals surface area contributed by atoms with Crippen LogP contribution in [0.1, 0.15) is 17.5 Å². The van der Waals surface area contributed by atoms with Gasteiger partial charge >= 0.3 is 11.5 Å². The molecule has 0 spiro atoms. The summed E-state index contributed by atoms with van der Waals surface area (Å²) < 4.78 is 54.9. The van der Waals surface area contributed by atoms with Gasteiger partial charge in [-0.25, -0.2) is 9.78 Å². The van der Waals surface area contributed by atoms with Crippen molar-refractivity contribution in [1.29, 1.82) is 0 Å². The number of halogens is 3. The third-order valence-corrected chi connectivity index (χ3v) is 5.67. The van der Waals surface area contributed by atoms with Gasteiger partial charge < -0.3 is 13.7 Å². The third kappa shape index (κ3) is 4.15. The summed E-state index contributed by atoms with van der Waals surface area (Å²) >= 11 is 0.801. The van der Waals surface area contributed by atoms with E-state index >= 15 is 0 Å². The van der Waals surface area contributed by atoms with Crippen LogP contribution in [0.5, 0.6) is 11.5 Å². The monoisotopic (exact) mass is 468 g/mol. The molecule has 31 heavy (non-hydrogen) atoms.